The largest absolute Gasteiger partial charge is 0.302 e. The van der Waals surface area contributed by atoms with Crippen LogP contribution in [0.1, 0.15) is 40.5 Å². The zero-order valence-electron chi connectivity index (χ0n) is 10.4. The normalized spacial score (nSPS) is 13.5. The molecule has 3 nitrogen and oxygen atoms in total. The topological polar surface area (TPSA) is 42.0 Å². The van der Waals surface area contributed by atoms with E-state index in [0.29, 0.717) is 17.5 Å². The molecule has 0 aromatic carbocycles. The molecule has 0 saturated carbocycles. The minimum atomic E-state index is 0.0618. The quantitative estimate of drug-likeness (QED) is 0.874. The highest BCUT2D eigenvalue weighted by Crippen LogP contribution is 2.26. The average Bonchev–Trinajstić information content (AvgIpc) is 2.51. The van der Waals surface area contributed by atoms with Gasteiger partial charge in [0, 0.05) is 18.0 Å². The third-order valence-corrected chi connectivity index (χ3v) is 2.86. The van der Waals surface area contributed by atoms with Gasteiger partial charge in [0.1, 0.15) is 0 Å². The highest BCUT2D eigenvalue weighted by molar-refractivity contribution is 7.13. The van der Waals surface area contributed by atoms with Gasteiger partial charge in [-0.1, -0.05) is 27.7 Å². The molecule has 1 aromatic rings. The van der Waals surface area contributed by atoms with Gasteiger partial charge in [-0.05, 0) is 17.8 Å². The van der Waals surface area contributed by atoms with Gasteiger partial charge in [-0.25, -0.2) is 4.98 Å². The molecule has 1 heterocycles. The first kappa shape index (κ1) is 13.2. The van der Waals surface area contributed by atoms with Gasteiger partial charge >= 0.3 is 0 Å². The highest BCUT2D eigenvalue weighted by Gasteiger charge is 2.17. The number of hydrogen-bond acceptors (Lipinski definition) is 3. The number of rotatable bonds is 4. The Labute approximate surface area is 101 Å². The first-order valence-corrected chi connectivity index (χ1v) is 6.44. The molecule has 1 aromatic heterocycles. The zero-order valence-corrected chi connectivity index (χ0v) is 11.2. The number of carbonyl (C=O) groups is 1. The number of amides is 1. The molecule has 0 saturated heterocycles. The van der Waals surface area contributed by atoms with Crippen molar-refractivity contribution in [3.63, 3.8) is 0 Å². The van der Waals surface area contributed by atoms with E-state index in [1.807, 2.05) is 5.38 Å². The smallest absolute Gasteiger partial charge is 0.226 e. The molecule has 0 bridgehead atoms. The molecule has 90 valence electrons. The Hall–Kier alpha value is -0.900. The van der Waals surface area contributed by atoms with Crippen LogP contribution in [0.15, 0.2) is 11.6 Å². The highest BCUT2D eigenvalue weighted by atomic mass is 32.1. The first-order valence-electron chi connectivity index (χ1n) is 5.56. The Morgan fingerprint density at radius 3 is 2.75 bits per heavy atom. The van der Waals surface area contributed by atoms with Gasteiger partial charge in [0.15, 0.2) is 5.13 Å². The Morgan fingerprint density at radius 2 is 2.25 bits per heavy atom. The number of aromatic nitrogens is 1. The summed E-state index contributed by atoms with van der Waals surface area (Å²) in [5, 5.41) is 5.35. The molecule has 16 heavy (non-hydrogen) atoms. The van der Waals surface area contributed by atoms with Crippen LogP contribution in [0.2, 0.25) is 0 Å². The Kier molecular flexibility index (Phi) is 4.47. The van der Waals surface area contributed by atoms with E-state index >= 15 is 0 Å². The van der Waals surface area contributed by atoms with Gasteiger partial charge in [0.25, 0.3) is 0 Å². The summed E-state index contributed by atoms with van der Waals surface area (Å²) in [6.07, 6.45) is 3.31. The lowest BCUT2D eigenvalue weighted by atomic mass is 9.84. The summed E-state index contributed by atoms with van der Waals surface area (Å²) in [5.41, 5.74) is 0.279. The standard InChI is InChI=1S/C12H20N2OS/c1-9(8-12(2,3)4)7-10(15)14-11-13-5-6-16-11/h5-6,9H,7-8H2,1-4H3,(H,13,14,15). The van der Waals surface area contributed by atoms with Gasteiger partial charge in [-0.2, -0.15) is 0 Å². The third-order valence-electron chi connectivity index (χ3n) is 2.17. The lowest BCUT2D eigenvalue weighted by Crippen LogP contribution is -2.18. The van der Waals surface area contributed by atoms with E-state index in [9.17, 15) is 4.79 Å². The second-order valence-corrected chi connectivity index (χ2v) is 6.35. The van der Waals surface area contributed by atoms with Gasteiger partial charge < -0.3 is 5.32 Å². The van der Waals surface area contributed by atoms with Gasteiger partial charge in [-0.15, -0.1) is 11.3 Å². The molecule has 1 unspecified atom stereocenters. The first-order chi connectivity index (χ1) is 7.37. The van der Waals surface area contributed by atoms with Crippen molar-refractivity contribution in [1.82, 2.24) is 4.98 Å². The minimum Gasteiger partial charge on any atom is -0.302 e. The number of anilines is 1. The van der Waals surface area contributed by atoms with Crippen molar-refractivity contribution in [2.45, 2.75) is 40.5 Å². The lowest BCUT2D eigenvalue weighted by Gasteiger charge is -2.22. The van der Waals surface area contributed by atoms with E-state index in [2.05, 4.69) is 38.0 Å². The van der Waals surface area contributed by atoms with Gasteiger partial charge in [0.2, 0.25) is 5.91 Å². The monoisotopic (exact) mass is 240 g/mol. The molecule has 4 heteroatoms. The number of nitrogens with one attached hydrogen (secondary N) is 1. The van der Waals surface area contributed by atoms with Gasteiger partial charge in [0.05, 0.1) is 0 Å². The van der Waals surface area contributed by atoms with Crippen LogP contribution in [-0.2, 0) is 4.79 Å². The van der Waals surface area contributed by atoms with Crippen molar-refractivity contribution in [1.29, 1.82) is 0 Å². The number of thiazole rings is 1. The van der Waals surface area contributed by atoms with Crippen molar-refractivity contribution in [2.24, 2.45) is 11.3 Å². The summed E-state index contributed by atoms with van der Waals surface area (Å²) in [5.74, 6) is 0.465. The van der Waals surface area contributed by atoms with Crippen LogP contribution in [0.4, 0.5) is 5.13 Å². The number of carbonyl (C=O) groups excluding carboxylic acids is 1. The van der Waals surface area contributed by atoms with E-state index in [-0.39, 0.29) is 11.3 Å². The van der Waals surface area contributed by atoms with Crippen molar-refractivity contribution < 1.29 is 4.79 Å². The molecule has 0 aliphatic rings. The molecule has 0 radical (unpaired) electrons. The molecule has 1 atom stereocenters. The molecule has 1 amide bonds. The molecule has 0 spiro atoms. The predicted molar refractivity (Wildman–Crippen MR) is 68.6 cm³/mol. The maximum absolute atomic E-state index is 11.7. The lowest BCUT2D eigenvalue weighted by molar-refractivity contribution is -0.117. The van der Waals surface area contributed by atoms with Crippen molar-refractivity contribution in [3.8, 4) is 0 Å². The average molecular weight is 240 g/mol. The fourth-order valence-electron chi connectivity index (χ4n) is 1.89. The van der Waals surface area contributed by atoms with Crippen LogP contribution in [-0.4, -0.2) is 10.9 Å². The Bertz CT molecular complexity index is 327. The summed E-state index contributed by atoms with van der Waals surface area (Å²) in [7, 11) is 0. The summed E-state index contributed by atoms with van der Waals surface area (Å²) in [6, 6.07) is 0. The van der Waals surface area contributed by atoms with Crippen LogP contribution < -0.4 is 5.32 Å². The van der Waals surface area contributed by atoms with E-state index in [4.69, 9.17) is 0 Å². The van der Waals surface area contributed by atoms with E-state index in [1.165, 1.54) is 11.3 Å². The molecular weight excluding hydrogens is 220 g/mol. The maximum Gasteiger partial charge on any atom is 0.226 e. The molecule has 1 N–H and O–H groups in total. The Morgan fingerprint density at radius 1 is 1.56 bits per heavy atom. The number of hydrogen-bond donors (Lipinski definition) is 1. The molecule has 0 aliphatic heterocycles. The van der Waals surface area contributed by atoms with Gasteiger partial charge in [-0.3, -0.25) is 4.79 Å². The van der Waals surface area contributed by atoms with Crippen LogP contribution in [0.5, 0.6) is 0 Å². The fourth-order valence-corrected chi connectivity index (χ4v) is 2.43. The summed E-state index contributed by atoms with van der Waals surface area (Å²) in [4.78, 5) is 15.7. The molecular formula is C12H20N2OS. The predicted octanol–water partition coefficient (Wildman–Crippen LogP) is 3.54. The summed E-state index contributed by atoms with van der Waals surface area (Å²) in [6.45, 7) is 8.71. The molecule has 0 aliphatic carbocycles. The zero-order chi connectivity index (χ0) is 12.2. The number of nitrogens with zero attached hydrogens (tertiary/aromatic N) is 1. The van der Waals surface area contributed by atoms with Crippen LogP contribution >= 0.6 is 11.3 Å². The van der Waals surface area contributed by atoms with E-state index in [1.54, 1.807) is 6.20 Å². The third kappa shape index (κ3) is 5.26. The second kappa shape index (κ2) is 5.43. The van der Waals surface area contributed by atoms with E-state index < -0.39 is 0 Å². The van der Waals surface area contributed by atoms with Crippen LogP contribution in [0.25, 0.3) is 0 Å². The summed E-state index contributed by atoms with van der Waals surface area (Å²) >= 11 is 1.45. The Balaban J connectivity index is 2.34. The molecule has 0 fully saturated rings. The van der Waals surface area contributed by atoms with Crippen molar-refractivity contribution in [2.75, 3.05) is 5.32 Å². The molecule has 1 rings (SSSR count). The van der Waals surface area contributed by atoms with Crippen molar-refractivity contribution >= 4 is 22.4 Å². The maximum atomic E-state index is 11.7. The summed E-state index contributed by atoms with van der Waals surface area (Å²) < 4.78 is 0. The van der Waals surface area contributed by atoms with Crippen LogP contribution in [0.3, 0.4) is 0 Å². The SMILES string of the molecule is CC(CC(=O)Nc1nccs1)CC(C)(C)C. The minimum absolute atomic E-state index is 0.0618. The van der Waals surface area contributed by atoms with Crippen molar-refractivity contribution in [3.05, 3.63) is 11.6 Å². The van der Waals surface area contributed by atoms with Crippen LogP contribution in [0, 0.1) is 11.3 Å². The van der Waals surface area contributed by atoms with E-state index in [0.717, 1.165) is 6.42 Å². The second-order valence-electron chi connectivity index (χ2n) is 5.46. The fraction of sp³-hybridized carbons (Fsp3) is 0.667.